The lowest BCUT2D eigenvalue weighted by molar-refractivity contribution is -0.0684. The molecule has 0 saturated carbocycles. The molecule has 1 aliphatic heterocycles. The molecule has 2 N–H and O–H groups in total. The van der Waals surface area contributed by atoms with E-state index in [0.29, 0.717) is 5.56 Å². The van der Waals surface area contributed by atoms with Crippen LogP contribution in [0, 0.1) is 19.3 Å². The van der Waals surface area contributed by atoms with Gasteiger partial charge in [0, 0.05) is 23.1 Å². The van der Waals surface area contributed by atoms with Gasteiger partial charge in [-0.15, -0.1) is 6.42 Å². The number of H-pyrrole nitrogens is 1. The van der Waals surface area contributed by atoms with Crippen molar-refractivity contribution >= 4 is 0 Å². The molecule has 9 nitrogen and oxygen atoms in total. The molecule has 0 spiro atoms. The van der Waals surface area contributed by atoms with Gasteiger partial charge in [0.25, 0.3) is 5.56 Å². The van der Waals surface area contributed by atoms with Crippen LogP contribution in [-0.2, 0) is 4.74 Å². The molecule has 0 unspecified atom stereocenters. The smallest absolute Gasteiger partial charge is 0.330 e. The zero-order valence-electron chi connectivity index (χ0n) is 11.2. The van der Waals surface area contributed by atoms with E-state index in [0.717, 1.165) is 4.57 Å². The second-order valence-corrected chi connectivity index (χ2v) is 4.70. The maximum atomic E-state index is 11.8. The molecule has 0 aliphatic carbocycles. The number of aromatic nitrogens is 2. The van der Waals surface area contributed by atoms with E-state index in [2.05, 4.69) is 20.9 Å². The molecule has 3 atom stereocenters. The standard InChI is InChI=1S/C12H13N5O4/c1-3-12(6-18)8(15-16-13)4-9(21-12)17-5-7(2)10(19)14-11(17)20/h1,5,8-9,18H,4,6H2,2H3,(H,14,19,20)/t8-,9+,12+/m0/s1. The van der Waals surface area contributed by atoms with Gasteiger partial charge in [-0.25, -0.2) is 4.79 Å². The normalized spacial score (nSPS) is 27.9. The summed E-state index contributed by atoms with van der Waals surface area (Å²) < 4.78 is 6.72. The van der Waals surface area contributed by atoms with E-state index in [1.165, 1.54) is 13.1 Å². The molecule has 0 bridgehead atoms. The molecule has 1 aliphatic rings. The summed E-state index contributed by atoms with van der Waals surface area (Å²) in [5.41, 5.74) is 6.25. The minimum atomic E-state index is -1.49. The molecule has 0 radical (unpaired) electrons. The zero-order valence-corrected chi connectivity index (χ0v) is 11.2. The Kier molecular flexibility index (Phi) is 3.86. The number of aromatic amines is 1. The quantitative estimate of drug-likeness (QED) is 0.345. The first-order valence-corrected chi connectivity index (χ1v) is 6.10. The highest BCUT2D eigenvalue weighted by atomic mass is 16.5. The van der Waals surface area contributed by atoms with Crippen molar-refractivity contribution in [2.75, 3.05) is 6.61 Å². The van der Waals surface area contributed by atoms with Crippen molar-refractivity contribution in [3.8, 4) is 12.3 Å². The van der Waals surface area contributed by atoms with Gasteiger partial charge in [-0.1, -0.05) is 11.0 Å². The Hall–Kier alpha value is -2.53. The van der Waals surface area contributed by atoms with Crippen molar-refractivity contribution in [2.24, 2.45) is 5.11 Å². The molecule has 9 heteroatoms. The molecular formula is C12H13N5O4. The predicted octanol–water partition coefficient (Wildman–Crippen LogP) is -0.193. The maximum Gasteiger partial charge on any atom is 0.330 e. The number of hydrogen-bond donors (Lipinski definition) is 2. The van der Waals surface area contributed by atoms with Gasteiger partial charge in [-0.3, -0.25) is 14.3 Å². The minimum absolute atomic E-state index is 0.111. The molecule has 2 rings (SSSR count). The first-order chi connectivity index (χ1) is 9.97. The third-order valence-corrected chi connectivity index (χ3v) is 3.44. The van der Waals surface area contributed by atoms with E-state index in [4.69, 9.17) is 16.7 Å². The highest BCUT2D eigenvalue weighted by Crippen LogP contribution is 2.37. The van der Waals surface area contributed by atoms with E-state index in [1.807, 2.05) is 0 Å². The average molecular weight is 291 g/mol. The Morgan fingerprint density at radius 2 is 2.48 bits per heavy atom. The van der Waals surface area contributed by atoms with E-state index < -0.39 is 35.7 Å². The van der Waals surface area contributed by atoms with E-state index in [-0.39, 0.29) is 6.42 Å². The topological polar surface area (TPSA) is 133 Å². The van der Waals surface area contributed by atoms with E-state index >= 15 is 0 Å². The summed E-state index contributed by atoms with van der Waals surface area (Å²) >= 11 is 0. The number of terminal acetylenes is 1. The number of rotatable bonds is 3. The second kappa shape index (κ2) is 5.46. The van der Waals surface area contributed by atoms with Crippen molar-refractivity contribution in [3.05, 3.63) is 43.0 Å². The molecular weight excluding hydrogens is 278 g/mol. The summed E-state index contributed by atoms with van der Waals surface area (Å²) in [7, 11) is 0. The van der Waals surface area contributed by atoms with Gasteiger partial charge in [0.2, 0.25) is 0 Å². The fourth-order valence-electron chi connectivity index (χ4n) is 2.24. The van der Waals surface area contributed by atoms with Crippen LogP contribution in [-0.4, -0.2) is 32.9 Å². The highest BCUT2D eigenvalue weighted by Gasteiger charge is 2.48. The SMILES string of the molecule is C#C[C@]1(CO)O[C@@H](n2cc(C)c(=O)[nH]c2=O)C[C@@H]1N=[N+]=[N-]. The summed E-state index contributed by atoms with van der Waals surface area (Å²) in [4.78, 5) is 28.0. The Balaban J connectivity index is 2.47. The number of nitrogens with one attached hydrogen (secondary N) is 1. The highest BCUT2D eigenvalue weighted by molar-refractivity contribution is 5.18. The van der Waals surface area contributed by atoms with Crippen LogP contribution in [0.15, 0.2) is 20.9 Å². The van der Waals surface area contributed by atoms with Crippen molar-refractivity contribution in [3.63, 3.8) is 0 Å². The first-order valence-electron chi connectivity index (χ1n) is 6.10. The molecule has 1 aromatic heterocycles. The average Bonchev–Trinajstić information content (AvgIpc) is 2.82. The van der Waals surface area contributed by atoms with Crippen LogP contribution in [0.25, 0.3) is 10.4 Å². The van der Waals surface area contributed by atoms with Crippen molar-refractivity contribution < 1.29 is 9.84 Å². The number of nitrogens with zero attached hydrogens (tertiary/aromatic N) is 4. The van der Waals surface area contributed by atoms with Crippen LogP contribution < -0.4 is 11.2 Å². The maximum absolute atomic E-state index is 11.8. The number of aliphatic hydroxyl groups excluding tert-OH is 1. The number of aryl methyl sites for hydroxylation is 1. The second-order valence-electron chi connectivity index (χ2n) is 4.70. The van der Waals surface area contributed by atoms with Crippen LogP contribution in [0.3, 0.4) is 0 Å². The van der Waals surface area contributed by atoms with Gasteiger partial charge in [-0.05, 0) is 12.5 Å². The molecule has 2 heterocycles. The summed E-state index contributed by atoms with van der Waals surface area (Å²) in [6.07, 6.45) is 5.98. The van der Waals surface area contributed by atoms with Crippen LogP contribution in [0.4, 0.5) is 0 Å². The van der Waals surface area contributed by atoms with E-state index in [1.54, 1.807) is 0 Å². The van der Waals surface area contributed by atoms with Crippen LogP contribution in [0.5, 0.6) is 0 Å². The molecule has 1 aromatic rings. The molecule has 0 amide bonds. The molecule has 21 heavy (non-hydrogen) atoms. The molecule has 1 fully saturated rings. The van der Waals surface area contributed by atoms with Crippen LogP contribution in [0.1, 0.15) is 18.2 Å². The Morgan fingerprint density at radius 1 is 1.76 bits per heavy atom. The number of ether oxygens (including phenoxy) is 1. The molecule has 1 saturated heterocycles. The van der Waals surface area contributed by atoms with Gasteiger partial charge in [0.1, 0.15) is 6.23 Å². The number of azide groups is 1. The fourth-order valence-corrected chi connectivity index (χ4v) is 2.24. The first kappa shape index (κ1) is 14.9. The predicted molar refractivity (Wildman–Crippen MR) is 72.4 cm³/mol. The summed E-state index contributed by atoms with van der Waals surface area (Å²) in [5, 5.41) is 13.0. The minimum Gasteiger partial charge on any atom is -0.392 e. The fraction of sp³-hybridized carbons (Fsp3) is 0.500. The van der Waals surface area contributed by atoms with Gasteiger partial charge in [-0.2, -0.15) is 0 Å². The van der Waals surface area contributed by atoms with Gasteiger partial charge in [0.05, 0.1) is 12.6 Å². The van der Waals surface area contributed by atoms with Gasteiger partial charge >= 0.3 is 5.69 Å². The number of aliphatic hydroxyl groups is 1. The third kappa shape index (κ3) is 2.43. The van der Waals surface area contributed by atoms with Gasteiger partial charge < -0.3 is 9.84 Å². The van der Waals surface area contributed by atoms with Gasteiger partial charge in [0.15, 0.2) is 5.60 Å². The molecule has 110 valence electrons. The van der Waals surface area contributed by atoms with Crippen molar-refractivity contribution in [1.82, 2.24) is 9.55 Å². The number of hydrogen-bond acceptors (Lipinski definition) is 5. The largest absolute Gasteiger partial charge is 0.392 e. The van der Waals surface area contributed by atoms with Crippen molar-refractivity contribution in [2.45, 2.75) is 31.2 Å². The summed E-state index contributed by atoms with van der Waals surface area (Å²) in [6.45, 7) is 0.982. The zero-order chi connectivity index (χ0) is 15.6. The monoisotopic (exact) mass is 291 g/mol. The van der Waals surface area contributed by atoms with Crippen LogP contribution >= 0.6 is 0 Å². The summed E-state index contributed by atoms with van der Waals surface area (Å²) in [6, 6.07) is -0.818. The van der Waals surface area contributed by atoms with Crippen LogP contribution in [0.2, 0.25) is 0 Å². The Bertz CT molecular complexity index is 754. The third-order valence-electron chi connectivity index (χ3n) is 3.44. The lowest BCUT2D eigenvalue weighted by atomic mass is 9.97. The van der Waals surface area contributed by atoms with Crippen molar-refractivity contribution in [1.29, 1.82) is 0 Å². The van der Waals surface area contributed by atoms with E-state index in [9.17, 15) is 14.7 Å². The lowest BCUT2D eigenvalue weighted by Gasteiger charge is -2.24. The molecule has 0 aromatic carbocycles. The Morgan fingerprint density at radius 3 is 3.05 bits per heavy atom. The lowest BCUT2D eigenvalue weighted by Crippen LogP contribution is -2.41. The Labute approximate surface area is 118 Å². The summed E-state index contributed by atoms with van der Waals surface area (Å²) in [5.74, 6) is 2.28.